The number of aromatic hydroxyl groups is 1. The Hall–Kier alpha value is -3.34. The van der Waals surface area contributed by atoms with E-state index in [1.54, 1.807) is 0 Å². The summed E-state index contributed by atoms with van der Waals surface area (Å²) in [6, 6.07) is 12.5. The average Bonchev–Trinajstić information content (AvgIpc) is 3.20. The Morgan fingerprint density at radius 1 is 1.12 bits per heavy atom. The monoisotopic (exact) mass is 491 g/mol. The first kappa shape index (κ1) is 21.9. The molecule has 2 aromatic carbocycles. The zero-order valence-electron chi connectivity index (χ0n) is 16.3. The molecule has 0 spiro atoms. The van der Waals surface area contributed by atoms with Crippen molar-refractivity contribution in [3.63, 3.8) is 0 Å². The average molecular weight is 492 g/mol. The maximum absolute atomic E-state index is 12.9. The lowest BCUT2D eigenvalue weighted by molar-refractivity contribution is 0.103. The lowest BCUT2D eigenvalue weighted by atomic mass is 10.0. The van der Waals surface area contributed by atoms with E-state index in [0.29, 0.717) is 9.72 Å². The predicted molar refractivity (Wildman–Crippen MR) is 121 cm³/mol. The van der Waals surface area contributed by atoms with Crippen LogP contribution in [0.3, 0.4) is 0 Å². The molecule has 0 radical (unpaired) electrons. The van der Waals surface area contributed by atoms with Gasteiger partial charge in [0.15, 0.2) is 17.3 Å². The van der Waals surface area contributed by atoms with Crippen LogP contribution in [0.25, 0.3) is 11.0 Å². The van der Waals surface area contributed by atoms with E-state index in [1.807, 2.05) is 0 Å². The minimum absolute atomic E-state index is 0.0536. The zero-order chi connectivity index (χ0) is 23.0. The number of anilines is 1. The van der Waals surface area contributed by atoms with E-state index in [2.05, 4.69) is 4.72 Å². The van der Waals surface area contributed by atoms with Gasteiger partial charge in [-0.05, 0) is 48.5 Å². The van der Waals surface area contributed by atoms with Crippen molar-refractivity contribution in [1.29, 1.82) is 0 Å². The molecule has 0 fully saturated rings. The van der Waals surface area contributed by atoms with E-state index in [9.17, 15) is 23.1 Å². The fourth-order valence-corrected chi connectivity index (χ4v) is 5.49. The van der Waals surface area contributed by atoms with Gasteiger partial charge in [0.05, 0.1) is 11.4 Å². The number of phenolic OH excluding ortho intramolecular Hbond substituents is 1. The summed E-state index contributed by atoms with van der Waals surface area (Å²) in [4.78, 5) is 25.2. The molecule has 0 unspecified atom stereocenters. The lowest BCUT2D eigenvalue weighted by Gasteiger charge is -2.08. The van der Waals surface area contributed by atoms with E-state index in [0.717, 1.165) is 11.3 Å². The summed E-state index contributed by atoms with van der Waals surface area (Å²) in [6.45, 7) is 0. The number of halogens is 1. The number of sulfonamides is 1. The first-order chi connectivity index (χ1) is 15.2. The fourth-order valence-electron chi connectivity index (χ4n) is 2.95. The Balaban J connectivity index is 1.62. The summed E-state index contributed by atoms with van der Waals surface area (Å²) in [5.74, 6) is -0.648. The van der Waals surface area contributed by atoms with Gasteiger partial charge in [0.1, 0.15) is 15.4 Å². The minimum atomic E-state index is -3.82. The van der Waals surface area contributed by atoms with E-state index in [4.69, 9.17) is 20.8 Å². The van der Waals surface area contributed by atoms with Crippen LogP contribution in [0.15, 0.2) is 68.0 Å². The van der Waals surface area contributed by atoms with Crippen molar-refractivity contribution in [2.24, 2.45) is 0 Å². The topological polar surface area (TPSA) is 123 Å². The second kappa shape index (κ2) is 8.30. The first-order valence-corrected chi connectivity index (χ1v) is 11.6. The number of phenols is 1. The molecule has 0 atom stereocenters. The Labute approximate surface area is 190 Å². The first-order valence-electron chi connectivity index (χ1n) is 8.96. The van der Waals surface area contributed by atoms with Crippen molar-refractivity contribution in [2.45, 2.75) is 4.21 Å². The van der Waals surface area contributed by atoms with Crippen LogP contribution in [-0.4, -0.2) is 26.4 Å². The van der Waals surface area contributed by atoms with Gasteiger partial charge in [-0.1, -0.05) is 11.6 Å². The highest BCUT2D eigenvalue weighted by atomic mass is 35.5. The molecule has 0 saturated heterocycles. The molecule has 32 heavy (non-hydrogen) atoms. The van der Waals surface area contributed by atoms with Crippen LogP contribution >= 0.6 is 22.9 Å². The summed E-state index contributed by atoms with van der Waals surface area (Å²) >= 11 is 6.71. The van der Waals surface area contributed by atoms with Gasteiger partial charge in [-0.25, -0.2) is 13.2 Å². The molecule has 2 heterocycles. The van der Waals surface area contributed by atoms with Gasteiger partial charge >= 0.3 is 5.63 Å². The van der Waals surface area contributed by atoms with Crippen molar-refractivity contribution in [1.82, 2.24) is 0 Å². The Bertz CT molecular complexity index is 1510. The normalized spacial score (nSPS) is 11.4. The Morgan fingerprint density at radius 2 is 1.84 bits per heavy atom. The van der Waals surface area contributed by atoms with E-state index in [-0.39, 0.29) is 38.1 Å². The van der Waals surface area contributed by atoms with E-state index in [1.165, 1.54) is 61.7 Å². The maximum Gasteiger partial charge on any atom is 0.347 e. The molecule has 2 aromatic heterocycles. The molecule has 164 valence electrons. The molecule has 2 N–H and O–H groups in total. The number of fused-ring (bicyclic) bond motifs is 1. The highest BCUT2D eigenvalue weighted by Crippen LogP contribution is 2.31. The van der Waals surface area contributed by atoms with Crippen molar-refractivity contribution < 1.29 is 27.5 Å². The molecular weight excluding hydrogens is 478 g/mol. The van der Waals surface area contributed by atoms with Gasteiger partial charge in [-0.3, -0.25) is 9.52 Å². The van der Waals surface area contributed by atoms with E-state index >= 15 is 0 Å². The number of carbonyl (C=O) groups excluding carboxylic acids is 1. The number of hydrogen-bond donors (Lipinski definition) is 2. The highest BCUT2D eigenvalue weighted by molar-refractivity contribution is 7.94. The van der Waals surface area contributed by atoms with Gasteiger partial charge in [-0.15, -0.1) is 11.3 Å². The quantitative estimate of drug-likeness (QED) is 0.305. The van der Waals surface area contributed by atoms with Crippen LogP contribution in [0, 0.1) is 0 Å². The number of benzene rings is 2. The van der Waals surface area contributed by atoms with Crippen molar-refractivity contribution in [2.75, 3.05) is 11.8 Å². The molecule has 4 rings (SSSR count). The lowest BCUT2D eigenvalue weighted by Crippen LogP contribution is -2.15. The standard InChI is InChI=1S/C21H14ClNO7S2/c1-29-17-9-12-8-14(21(26)30-16(12)10-15(17)24)20(25)11-2-4-13(5-3-11)23-32(27,28)19-7-6-18(22)31-19/h2-10,23-24H,1H3. The minimum Gasteiger partial charge on any atom is -0.504 e. The second-order valence-corrected chi connectivity index (χ2v) is 10.2. The van der Waals surface area contributed by atoms with Crippen molar-refractivity contribution in [3.8, 4) is 11.5 Å². The fraction of sp³-hybridized carbons (Fsp3) is 0.0476. The SMILES string of the molecule is COc1cc2cc(C(=O)c3ccc(NS(=O)(=O)c4ccc(Cl)s4)cc3)c(=O)oc2cc1O. The molecule has 0 saturated carbocycles. The highest BCUT2D eigenvalue weighted by Gasteiger charge is 2.19. The molecule has 0 aliphatic rings. The van der Waals surface area contributed by atoms with Crippen LogP contribution in [0.2, 0.25) is 4.34 Å². The van der Waals surface area contributed by atoms with Gasteiger partial charge < -0.3 is 14.3 Å². The number of ether oxygens (including phenoxy) is 1. The summed E-state index contributed by atoms with van der Waals surface area (Å²) in [5, 5.41) is 10.2. The Morgan fingerprint density at radius 3 is 2.47 bits per heavy atom. The largest absolute Gasteiger partial charge is 0.504 e. The number of methoxy groups -OCH3 is 1. The third kappa shape index (κ3) is 4.20. The van der Waals surface area contributed by atoms with Crippen molar-refractivity contribution in [3.05, 3.63) is 80.5 Å². The summed E-state index contributed by atoms with van der Waals surface area (Å²) in [6.07, 6.45) is 0. The molecule has 4 aromatic rings. The number of carbonyl (C=O) groups is 1. The Kier molecular flexibility index (Phi) is 5.68. The van der Waals surface area contributed by atoms with Gasteiger partial charge in [0.25, 0.3) is 10.0 Å². The number of rotatable bonds is 6. The number of thiophene rings is 1. The molecule has 0 bridgehead atoms. The molecule has 0 amide bonds. The van der Waals surface area contributed by atoms with Gasteiger partial charge in [0, 0.05) is 22.7 Å². The molecule has 0 aliphatic heterocycles. The molecule has 11 heteroatoms. The molecule has 8 nitrogen and oxygen atoms in total. The van der Waals surface area contributed by atoms with Crippen LogP contribution in [0.5, 0.6) is 11.5 Å². The third-order valence-corrected chi connectivity index (χ3v) is 7.60. The van der Waals surface area contributed by atoms with Crippen LogP contribution in [-0.2, 0) is 10.0 Å². The summed E-state index contributed by atoms with van der Waals surface area (Å²) in [5.41, 5.74) is -0.595. The van der Waals surface area contributed by atoms with Crippen molar-refractivity contribution >= 4 is 55.4 Å². The summed E-state index contributed by atoms with van der Waals surface area (Å²) in [7, 11) is -2.45. The van der Waals surface area contributed by atoms with Gasteiger partial charge in [-0.2, -0.15) is 0 Å². The smallest absolute Gasteiger partial charge is 0.347 e. The van der Waals surface area contributed by atoms with Crippen LogP contribution in [0.1, 0.15) is 15.9 Å². The predicted octanol–water partition coefficient (Wildman–Crippen LogP) is 4.25. The number of ketones is 1. The van der Waals surface area contributed by atoms with E-state index < -0.39 is 21.4 Å². The van der Waals surface area contributed by atoms with Gasteiger partial charge in [0.2, 0.25) is 0 Å². The zero-order valence-corrected chi connectivity index (χ0v) is 18.7. The van der Waals surface area contributed by atoms with Crippen LogP contribution < -0.4 is 15.1 Å². The maximum atomic E-state index is 12.9. The third-order valence-electron chi connectivity index (χ3n) is 4.49. The second-order valence-electron chi connectivity index (χ2n) is 6.58. The van der Waals surface area contributed by atoms with Crippen LogP contribution in [0.4, 0.5) is 5.69 Å². The molecule has 0 aliphatic carbocycles. The molecular formula is C21H14ClNO7S2. The number of hydrogen-bond acceptors (Lipinski definition) is 8. The summed E-state index contributed by atoms with van der Waals surface area (Å²) < 4.78 is 37.8. The number of nitrogens with one attached hydrogen (secondary N) is 1.